The van der Waals surface area contributed by atoms with Crippen LogP contribution < -0.4 is 10.1 Å². The zero-order valence-electron chi connectivity index (χ0n) is 14.0. The highest BCUT2D eigenvalue weighted by Gasteiger charge is 2.16. The van der Waals surface area contributed by atoms with Gasteiger partial charge in [0.15, 0.2) is 0 Å². The molecular formula is C20H22FNO3. The van der Waals surface area contributed by atoms with E-state index in [0.717, 1.165) is 31.4 Å². The molecular weight excluding hydrogens is 321 g/mol. The summed E-state index contributed by atoms with van der Waals surface area (Å²) in [6.45, 7) is 1.31. The number of ether oxygens (including phenoxy) is 2. The number of benzene rings is 2. The highest BCUT2D eigenvalue weighted by molar-refractivity contribution is 5.75. The number of halogens is 1. The predicted molar refractivity (Wildman–Crippen MR) is 93.0 cm³/mol. The minimum atomic E-state index is -0.294. The topological polar surface area (TPSA) is 47.6 Å². The van der Waals surface area contributed by atoms with Crippen LogP contribution in [0.1, 0.15) is 31.2 Å². The molecule has 3 rings (SSSR count). The summed E-state index contributed by atoms with van der Waals surface area (Å²) in [5.41, 5.74) is 0.997. The molecule has 1 aliphatic heterocycles. The van der Waals surface area contributed by atoms with Crippen LogP contribution in [0.4, 0.5) is 4.39 Å². The second kappa shape index (κ2) is 8.62. The van der Waals surface area contributed by atoms with Gasteiger partial charge in [-0.3, -0.25) is 4.79 Å². The fourth-order valence-electron chi connectivity index (χ4n) is 2.77. The van der Waals surface area contributed by atoms with Crippen molar-refractivity contribution in [1.82, 2.24) is 5.32 Å². The summed E-state index contributed by atoms with van der Waals surface area (Å²) in [6, 6.07) is 13.3. The van der Waals surface area contributed by atoms with Crippen molar-refractivity contribution in [2.24, 2.45) is 0 Å². The summed E-state index contributed by atoms with van der Waals surface area (Å²) < 4.78 is 24.0. The smallest absolute Gasteiger partial charge is 0.220 e. The average molecular weight is 343 g/mol. The first-order valence-electron chi connectivity index (χ1n) is 8.60. The van der Waals surface area contributed by atoms with E-state index in [1.165, 1.54) is 12.1 Å². The number of carbonyl (C=O) groups excluding carboxylic acids is 1. The molecule has 1 heterocycles. The number of hydrogen-bond acceptors (Lipinski definition) is 3. The Labute approximate surface area is 147 Å². The van der Waals surface area contributed by atoms with Crippen LogP contribution in [-0.2, 0) is 16.1 Å². The van der Waals surface area contributed by atoms with Crippen molar-refractivity contribution in [2.75, 3.05) is 6.61 Å². The molecule has 0 bridgehead atoms. The lowest BCUT2D eigenvalue weighted by atomic mass is 10.1. The number of rotatable bonds is 7. The molecule has 1 atom stereocenters. The molecule has 0 aromatic heterocycles. The Morgan fingerprint density at radius 1 is 1.12 bits per heavy atom. The zero-order valence-corrected chi connectivity index (χ0v) is 14.0. The summed E-state index contributed by atoms with van der Waals surface area (Å²) in [5.74, 6) is 0.997. The van der Waals surface area contributed by atoms with Gasteiger partial charge < -0.3 is 14.8 Å². The van der Waals surface area contributed by atoms with Crippen LogP contribution in [0.5, 0.6) is 11.5 Å². The summed E-state index contributed by atoms with van der Waals surface area (Å²) in [4.78, 5) is 11.9. The molecule has 5 heteroatoms. The predicted octanol–water partition coefficient (Wildman–Crippen LogP) is 4.19. The third kappa shape index (κ3) is 5.57. The lowest BCUT2D eigenvalue weighted by molar-refractivity contribution is -0.121. The minimum absolute atomic E-state index is 0.0436. The molecule has 0 aliphatic carbocycles. The molecule has 1 unspecified atom stereocenters. The van der Waals surface area contributed by atoms with E-state index < -0.39 is 0 Å². The van der Waals surface area contributed by atoms with Gasteiger partial charge in [-0.1, -0.05) is 12.1 Å². The van der Waals surface area contributed by atoms with Crippen molar-refractivity contribution in [3.63, 3.8) is 0 Å². The fourth-order valence-corrected chi connectivity index (χ4v) is 2.77. The Hall–Kier alpha value is -2.40. The van der Waals surface area contributed by atoms with Crippen molar-refractivity contribution in [2.45, 2.75) is 38.3 Å². The Kier molecular flexibility index (Phi) is 6.01. The second-order valence-electron chi connectivity index (χ2n) is 6.15. The van der Waals surface area contributed by atoms with Gasteiger partial charge in [-0.2, -0.15) is 0 Å². The van der Waals surface area contributed by atoms with Crippen molar-refractivity contribution < 1.29 is 18.7 Å². The molecule has 2 aromatic rings. The van der Waals surface area contributed by atoms with E-state index in [-0.39, 0.29) is 17.8 Å². The summed E-state index contributed by atoms with van der Waals surface area (Å²) in [7, 11) is 0. The van der Waals surface area contributed by atoms with Gasteiger partial charge in [0.1, 0.15) is 17.3 Å². The van der Waals surface area contributed by atoms with Gasteiger partial charge in [-0.05, 0) is 61.2 Å². The van der Waals surface area contributed by atoms with Crippen LogP contribution in [0.2, 0.25) is 0 Å². The van der Waals surface area contributed by atoms with E-state index in [0.29, 0.717) is 24.5 Å². The van der Waals surface area contributed by atoms with Gasteiger partial charge in [0.05, 0.1) is 6.10 Å². The number of hydrogen-bond donors (Lipinski definition) is 1. The fraction of sp³-hybridized carbons (Fsp3) is 0.350. The summed E-state index contributed by atoms with van der Waals surface area (Å²) >= 11 is 0. The van der Waals surface area contributed by atoms with Crippen molar-refractivity contribution in [3.8, 4) is 11.5 Å². The van der Waals surface area contributed by atoms with Gasteiger partial charge in [0.2, 0.25) is 5.91 Å². The van der Waals surface area contributed by atoms with Crippen LogP contribution in [-0.4, -0.2) is 18.6 Å². The average Bonchev–Trinajstić information content (AvgIpc) is 3.15. The Bertz CT molecular complexity index is 679. The van der Waals surface area contributed by atoms with E-state index in [1.54, 1.807) is 12.1 Å². The van der Waals surface area contributed by atoms with Crippen molar-refractivity contribution in [1.29, 1.82) is 0 Å². The van der Waals surface area contributed by atoms with Crippen LogP contribution in [0, 0.1) is 5.82 Å². The lowest BCUT2D eigenvalue weighted by Crippen LogP contribution is -2.23. The Morgan fingerprint density at radius 3 is 2.44 bits per heavy atom. The van der Waals surface area contributed by atoms with Crippen LogP contribution in [0.3, 0.4) is 0 Å². The van der Waals surface area contributed by atoms with Crippen LogP contribution in [0.25, 0.3) is 0 Å². The molecule has 0 spiro atoms. The second-order valence-corrected chi connectivity index (χ2v) is 6.15. The van der Waals surface area contributed by atoms with E-state index in [9.17, 15) is 9.18 Å². The molecule has 0 radical (unpaired) electrons. The molecule has 1 aliphatic rings. The number of amides is 1. The van der Waals surface area contributed by atoms with E-state index in [1.807, 2.05) is 24.3 Å². The summed E-state index contributed by atoms with van der Waals surface area (Å²) in [6.07, 6.45) is 3.68. The third-order valence-electron chi connectivity index (χ3n) is 4.18. The van der Waals surface area contributed by atoms with Gasteiger partial charge >= 0.3 is 0 Å². The first-order valence-corrected chi connectivity index (χ1v) is 8.60. The van der Waals surface area contributed by atoms with Gasteiger partial charge in [-0.15, -0.1) is 0 Å². The molecule has 1 amide bonds. The third-order valence-corrected chi connectivity index (χ3v) is 4.18. The van der Waals surface area contributed by atoms with Gasteiger partial charge in [0, 0.05) is 19.6 Å². The SMILES string of the molecule is O=C(CCC1CCCO1)NCc1ccc(Oc2ccc(F)cc2)cc1. The number of carbonyl (C=O) groups is 1. The lowest BCUT2D eigenvalue weighted by Gasteiger charge is -2.10. The van der Waals surface area contributed by atoms with E-state index in [2.05, 4.69) is 5.32 Å². The maximum Gasteiger partial charge on any atom is 0.220 e. The van der Waals surface area contributed by atoms with Crippen LogP contribution in [0.15, 0.2) is 48.5 Å². The molecule has 1 fully saturated rings. The highest BCUT2D eigenvalue weighted by Crippen LogP contribution is 2.22. The van der Waals surface area contributed by atoms with Gasteiger partial charge in [0.25, 0.3) is 0 Å². The number of nitrogens with one attached hydrogen (secondary N) is 1. The minimum Gasteiger partial charge on any atom is -0.457 e. The quantitative estimate of drug-likeness (QED) is 0.820. The van der Waals surface area contributed by atoms with Gasteiger partial charge in [-0.25, -0.2) is 4.39 Å². The van der Waals surface area contributed by atoms with Crippen molar-refractivity contribution in [3.05, 3.63) is 59.9 Å². The van der Waals surface area contributed by atoms with Crippen LogP contribution >= 0.6 is 0 Å². The maximum atomic E-state index is 12.9. The molecule has 2 aromatic carbocycles. The van der Waals surface area contributed by atoms with E-state index >= 15 is 0 Å². The largest absolute Gasteiger partial charge is 0.457 e. The first kappa shape index (κ1) is 17.4. The molecule has 25 heavy (non-hydrogen) atoms. The molecule has 0 saturated carbocycles. The molecule has 4 nitrogen and oxygen atoms in total. The zero-order chi connectivity index (χ0) is 17.5. The normalized spacial score (nSPS) is 16.6. The standard InChI is InChI=1S/C20H22FNO3/c21-16-5-9-19(10-6-16)25-18-7-3-15(4-8-18)14-22-20(23)12-11-17-2-1-13-24-17/h3-10,17H,1-2,11-14H2,(H,22,23). The molecule has 1 saturated heterocycles. The molecule has 1 N–H and O–H groups in total. The van der Waals surface area contributed by atoms with Crippen molar-refractivity contribution >= 4 is 5.91 Å². The highest BCUT2D eigenvalue weighted by atomic mass is 19.1. The Balaban J connectivity index is 1.42. The summed E-state index contributed by atoms with van der Waals surface area (Å²) in [5, 5.41) is 2.92. The monoisotopic (exact) mass is 343 g/mol. The molecule has 132 valence electrons. The Morgan fingerprint density at radius 2 is 1.80 bits per heavy atom. The maximum absolute atomic E-state index is 12.9. The first-order chi connectivity index (χ1) is 12.2. The van der Waals surface area contributed by atoms with E-state index in [4.69, 9.17) is 9.47 Å².